The van der Waals surface area contributed by atoms with Crippen LogP contribution in [-0.2, 0) is 28.6 Å². The first-order valence-corrected chi connectivity index (χ1v) is 16.7. The van der Waals surface area contributed by atoms with Crippen molar-refractivity contribution in [1.82, 2.24) is 18.9 Å². The van der Waals surface area contributed by atoms with Crippen molar-refractivity contribution >= 4 is 40.0 Å². The van der Waals surface area contributed by atoms with Crippen LogP contribution in [0, 0.1) is 5.82 Å². The quantitative estimate of drug-likeness (QED) is 0.395. The maximum absolute atomic E-state index is 14.3. The smallest absolute Gasteiger partial charge is 0.331 e. The van der Waals surface area contributed by atoms with Crippen molar-refractivity contribution in [2.45, 2.75) is 44.8 Å². The number of carbonyl (C=O) groups excluding carboxylic acids is 2. The number of fused-ring (bicyclic) bond motifs is 1. The van der Waals surface area contributed by atoms with Gasteiger partial charge in [-0.1, -0.05) is 23.7 Å². The summed E-state index contributed by atoms with van der Waals surface area (Å²) in [6, 6.07) is 8.54. The molecule has 2 aliphatic heterocycles. The van der Waals surface area contributed by atoms with Crippen molar-refractivity contribution in [2.75, 3.05) is 44.1 Å². The van der Waals surface area contributed by atoms with Gasteiger partial charge < -0.3 is 19.9 Å². The molecule has 240 valence electrons. The van der Waals surface area contributed by atoms with E-state index in [1.165, 1.54) is 24.6 Å². The molecular weight excluding hydrogens is 625 g/mol. The summed E-state index contributed by atoms with van der Waals surface area (Å²) >= 11 is 6.20. The Kier molecular flexibility index (Phi) is 9.78. The Labute approximate surface area is 267 Å². The summed E-state index contributed by atoms with van der Waals surface area (Å²) in [5.74, 6) is -0.330. The number of aromatic nitrogens is 2. The van der Waals surface area contributed by atoms with E-state index in [9.17, 15) is 27.8 Å². The molecule has 0 bridgehead atoms. The van der Waals surface area contributed by atoms with Gasteiger partial charge in [-0.3, -0.25) is 22.9 Å². The average Bonchev–Trinajstić information content (AvgIpc) is 3.17. The fraction of sp³-hybridized carbons (Fsp3) is 0.419. The number of carbonyl (C=O) groups is 2. The summed E-state index contributed by atoms with van der Waals surface area (Å²) < 4.78 is 33.7. The largest absolute Gasteiger partial charge is 0.497 e. The van der Waals surface area contributed by atoms with Crippen LogP contribution in [0.25, 0.3) is 11.1 Å². The van der Waals surface area contributed by atoms with Crippen LogP contribution in [0.4, 0.5) is 14.9 Å². The highest BCUT2D eigenvalue weighted by atomic mass is 35.5. The van der Waals surface area contributed by atoms with E-state index in [1.807, 2.05) is 17.0 Å². The van der Waals surface area contributed by atoms with E-state index in [-0.39, 0.29) is 46.4 Å². The third kappa shape index (κ3) is 6.84. The molecule has 0 saturated carbocycles. The number of anilines is 1. The lowest BCUT2D eigenvalue weighted by Gasteiger charge is -2.38. The van der Waals surface area contributed by atoms with E-state index in [4.69, 9.17) is 16.3 Å². The molecule has 0 spiro atoms. The Balaban J connectivity index is 1.34. The number of rotatable bonds is 8. The zero-order chi connectivity index (χ0) is 32.4. The SMILES string of the molecule is COc1ccc2c(c1)CCN(C1CCN(C(=O)Cn3cc(-c4cccc(F)c4Cl)c(=O)n(C(C)CS(C)=O)c3=O)CC1)C(=O)N2. The minimum atomic E-state index is -1.32. The lowest BCUT2D eigenvalue weighted by molar-refractivity contribution is -0.133. The maximum Gasteiger partial charge on any atom is 0.331 e. The summed E-state index contributed by atoms with van der Waals surface area (Å²) in [7, 11) is 0.275. The van der Waals surface area contributed by atoms with Crippen molar-refractivity contribution in [1.29, 1.82) is 0 Å². The van der Waals surface area contributed by atoms with Crippen molar-refractivity contribution in [3.05, 3.63) is 79.8 Å². The van der Waals surface area contributed by atoms with Gasteiger partial charge in [0.2, 0.25) is 5.91 Å². The summed E-state index contributed by atoms with van der Waals surface area (Å²) in [4.78, 5) is 57.0. The van der Waals surface area contributed by atoms with Crippen LogP contribution in [0.2, 0.25) is 5.02 Å². The fourth-order valence-electron chi connectivity index (χ4n) is 6.01. The first-order chi connectivity index (χ1) is 21.5. The number of methoxy groups -OCH3 is 1. The summed E-state index contributed by atoms with van der Waals surface area (Å²) in [6.07, 6.45) is 4.46. The molecule has 5 rings (SSSR count). The number of ether oxygens (including phenoxy) is 1. The molecular formula is C31H35ClFN5O6S. The van der Waals surface area contributed by atoms with E-state index in [1.54, 1.807) is 25.0 Å². The second-order valence-electron chi connectivity index (χ2n) is 11.3. The number of nitrogens with zero attached hydrogens (tertiary/aromatic N) is 4. The van der Waals surface area contributed by atoms with Crippen LogP contribution in [0.1, 0.15) is 31.4 Å². The highest BCUT2D eigenvalue weighted by molar-refractivity contribution is 7.84. The van der Waals surface area contributed by atoms with Crippen LogP contribution in [0.3, 0.4) is 0 Å². The molecule has 45 heavy (non-hydrogen) atoms. The number of piperidine rings is 1. The van der Waals surface area contributed by atoms with Gasteiger partial charge >= 0.3 is 11.7 Å². The monoisotopic (exact) mass is 659 g/mol. The second kappa shape index (κ2) is 13.6. The van der Waals surface area contributed by atoms with Crippen LogP contribution >= 0.6 is 11.6 Å². The van der Waals surface area contributed by atoms with E-state index >= 15 is 0 Å². The maximum atomic E-state index is 14.3. The van der Waals surface area contributed by atoms with E-state index in [0.29, 0.717) is 38.9 Å². The van der Waals surface area contributed by atoms with Gasteiger partial charge in [0.25, 0.3) is 5.56 Å². The minimum absolute atomic E-state index is 0.0274. The molecule has 3 heterocycles. The van der Waals surface area contributed by atoms with Gasteiger partial charge in [-0.2, -0.15) is 0 Å². The average molecular weight is 660 g/mol. The second-order valence-corrected chi connectivity index (χ2v) is 13.2. The van der Waals surface area contributed by atoms with Crippen LogP contribution in [-0.4, -0.2) is 79.9 Å². The Hall–Kier alpha value is -3.97. The van der Waals surface area contributed by atoms with E-state index in [2.05, 4.69) is 5.32 Å². The molecule has 3 aromatic rings. The predicted molar refractivity (Wildman–Crippen MR) is 171 cm³/mol. The minimum Gasteiger partial charge on any atom is -0.497 e. The number of likely N-dealkylation sites (tertiary alicyclic amines) is 1. The molecule has 11 nitrogen and oxygen atoms in total. The van der Waals surface area contributed by atoms with E-state index in [0.717, 1.165) is 32.2 Å². The molecule has 0 aliphatic carbocycles. The standard InChI is InChI=1S/C31H35ClFN5O6S/c1-19(18-45(3)43)38-29(40)24(23-5-4-6-25(33)28(23)32)16-36(31(38)42)17-27(39)35-12-10-21(11-13-35)37-14-9-20-15-22(44-2)7-8-26(20)34-30(37)41/h4-8,15-16,19,21H,9-14,17-18H2,1-3H3,(H,34,41). The highest BCUT2D eigenvalue weighted by Gasteiger charge is 2.32. The first-order valence-electron chi connectivity index (χ1n) is 14.6. The molecule has 2 aliphatic rings. The molecule has 2 aromatic carbocycles. The third-order valence-corrected chi connectivity index (χ3v) is 9.68. The number of nitrogens with one attached hydrogen (secondary N) is 1. The molecule has 1 saturated heterocycles. The van der Waals surface area contributed by atoms with Crippen molar-refractivity contribution in [2.24, 2.45) is 0 Å². The Bertz CT molecular complexity index is 1770. The van der Waals surface area contributed by atoms with E-state index < -0.39 is 33.9 Å². The van der Waals surface area contributed by atoms with Gasteiger partial charge in [-0.25, -0.2) is 14.0 Å². The van der Waals surface area contributed by atoms with Crippen LogP contribution in [0.15, 0.2) is 52.2 Å². The first kappa shape index (κ1) is 32.4. The molecule has 14 heteroatoms. The fourth-order valence-corrected chi connectivity index (χ4v) is 7.07. The van der Waals surface area contributed by atoms with Crippen LogP contribution in [0.5, 0.6) is 5.75 Å². The van der Waals surface area contributed by atoms with Gasteiger partial charge in [0.1, 0.15) is 18.1 Å². The molecule has 1 aromatic heterocycles. The Morgan fingerprint density at radius 1 is 1.13 bits per heavy atom. The predicted octanol–water partition coefficient (Wildman–Crippen LogP) is 3.50. The molecule has 0 radical (unpaired) electrons. The van der Waals surface area contributed by atoms with Gasteiger partial charge in [-0.05, 0) is 56.0 Å². The van der Waals surface area contributed by atoms with Crippen LogP contribution < -0.4 is 21.3 Å². The van der Waals surface area contributed by atoms with Crippen molar-refractivity contribution in [3.8, 4) is 16.9 Å². The van der Waals surface area contributed by atoms with Gasteiger partial charge in [-0.15, -0.1) is 0 Å². The number of amides is 3. The molecule has 3 amide bonds. The highest BCUT2D eigenvalue weighted by Crippen LogP contribution is 2.29. The molecule has 2 atom stereocenters. The lowest BCUT2D eigenvalue weighted by atomic mass is 10.0. The van der Waals surface area contributed by atoms with Crippen molar-refractivity contribution in [3.63, 3.8) is 0 Å². The van der Waals surface area contributed by atoms with Gasteiger partial charge in [0.15, 0.2) is 0 Å². The van der Waals surface area contributed by atoms with Crippen molar-refractivity contribution < 1.29 is 22.9 Å². The normalized spacial score (nSPS) is 16.9. The number of hydrogen-bond acceptors (Lipinski definition) is 6. The zero-order valence-corrected chi connectivity index (χ0v) is 26.8. The summed E-state index contributed by atoms with van der Waals surface area (Å²) in [5, 5.41) is 2.70. The number of hydrogen-bond donors (Lipinski definition) is 1. The number of urea groups is 1. The lowest BCUT2D eigenvalue weighted by Crippen LogP contribution is -2.51. The number of halogens is 2. The molecule has 2 unspecified atom stereocenters. The topological polar surface area (TPSA) is 123 Å². The van der Waals surface area contributed by atoms with Gasteiger partial charge in [0.05, 0.1) is 23.7 Å². The Morgan fingerprint density at radius 3 is 2.56 bits per heavy atom. The number of benzene rings is 2. The van der Waals surface area contributed by atoms with Gasteiger partial charge in [0, 0.05) is 65.9 Å². The third-order valence-electron chi connectivity index (χ3n) is 8.34. The summed E-state index contributed by atoms with van der Waals surface area (Å²) in [6.45, 7) is 2.49. The molecule has 1 fully saturated rings. The molecule has 1 N–H and O–H groups in total. The Morgan fingerprint density at radius 2 is 1.87 bits per heavy atom. The summed E-state index contributed by atoms with van der Waals surface area (Å²) in [5.41, 5.74) is 0.314. The zero-order valence-electron chi connectivity index (χ0n) is 25.3.